The molecule has 2 rings (SSSR count). The Hall–Kier alpha value is -2.34. The fraction of sp³-hybridized carbons (Fsp3) is 0.333. The first kappa shape index (κ1) is 18.0. The number of benzene rings is 2. The second-order valence-electron chi connectivity index (χ2n) is 5.23. The van der Waals surface area contributed by atoms with Crippen LogP contribution >= 0.6 is 0 Å². The Morgan fingerprint density at radius 2 is 1.79 bits per heavy atom. The van der Waals surface area contributed by atoms with Crippen LogP contribution < -0.4 is 19.5 Å². The third kappa shape index (κ3) is 4.83. The first-order valence-electron chi connectivity index (χ1n) is 7.52. The molecule has 0 saturated heterocycles. The molecule has 24 heavy (non-hydrogen) atoms. The average molecular weight is 337 g/mol. The molecule has 0 aromatic heterocycles. The van der Waals surface area contributed by atoms with E-state index in [1.165, 1.54) is 6.07 Å². The molecule has 130 valence electrons. The molecule has 0 amide bonds. The number of hydrogen-bond acceptors (Lipinski definition) is 4. The molecular weight excluding hydrogens is 316 g/mol. The van der Waals surface area contributed by atoms with Crippen LogP contribution in [-0.4, -0.2) is 20.8 Å². The van der Waals surface area contributed by atoms with Gasteiger partial charge in [-0.15, -0.1) is 0 Å². The third-order valence-electron chi connectivity index (χ3n) is 3.68. The molecule has 0 heterocycles. The van der Waals surface area contributed by atoms with Crippen LogP contribution in [0.4, 0.5) is 8.78 Å². The smallest absolute Gasteiger partial charge is 0.387 e. The number of halogens is 2. The quantitative estimate of drug-likeness (QED) is 0.785. The van der Waals surface area contributed by atoms with Gasteiger partial charge >= 0.3 is 6.61 Å². The van der Waals surface area contributed by atoms with Gasteiger partial charge in [-0.1, -0.05) is 18.2 Å². The van der Waals surface area contributed by atoms with Crippen molar-refractivity contribution in [3.63, 3.8) is 0 Å². The Morgan fingerprint density at radius 3 is 2.46 bits per heavy atom. The molecule has 0 bridgehead atoms. The first-order chi connectivity index (χ1) is 11.5. The molecule has 2 aromatic carbocycles. The number of methoxy groups -OCH3 is 2. The average Bonchev–Trinajstić information content (AvgIpc) is 2.59. The molecule has 0 aliphatic rings. The monoisotopic (exact) mass is 337 g/mol. The van der Waals surface area contributed by atoms with Gasteiger partial charge < -0.3 is 19.5 Å². The van der Waals surface area contributed by atoms with Gasteiger partial charge in [-0.3, -0.25) is 0 Å². The zero-order valence-electron chi connectivity index (χ0n) is 13.9. The van der Waals surface area contributed by atoms with Crippen LogP contribution in [0.5, 0.6) is 17.2 Å². The van der Waals surface area contributed by atoms with Crippen LogP contribution in [0.3, 0.4) is 0 Å². The van der Waals surface area contributed by atoms with Gasteiger partial charge in [-0.2, -0.15) is 8.78 Å². The van der Waals surface area contributed by atoms with Crippen molar-refractivity contribution in [1.82, 2.24) is 5.32 Å². The number of ether oxygens (including phenoxy) is 3. The summed E-state index contributed by atoms with van der Waals surface area (Å²) in [5, 5.41) is 3.34. The van der Waals surface area contributed by atoms with Crippen molar-refractivity contribution in [1.29, 1.82) is 0 Å². The van der Waals surface area contributed by atoms with Crippen LogP contribution in [0.25, 0.3) is 0 Å². The van der Waals surface area contributed by atoms with E-state index in [0.29, 0.717) is 6.54 Å². The van der Waals surface area contributed by atoms with E-state index < -0.39 is 6.61 Å². The van der Waals surface area contributed by atoms with Crippen molar-refractivity contribution >= 4 is 0 Å². The molecule has 1 atom stereocenters. The molecule has 0 aliphatic heterocycles. The molecule has 0 aliphatic carbocycles. The summed E-state index contributed by atoms with van der Waals surface area (Å²) in [4.78, 5) is 0. The third-order valence-corrected chi connectivity index (χ3v) is 3.68. The van der Waals surface area contributed by atoms with Gasteiger partial charge in [0.25, 0.3) is 0 Å². The Balaban J connectivity index is 2.04. The number of hydrogen-bond donors (Lipinski definition) is 1. The van der Waals surface area contributed by atoms with Crippen LogP contribution in [0, 0.1) is 0 Å². The molecule has 4 nitrogen and oxygen atoms in total. The minimum Gasteiger partial charge on any atom is -0.497 e. The molecule has 0 fully saturated rings. The summed E-state index contributed by atoms with van der Waals surface area (Å²) in [7, 11) is 3.20. The zero-order valence-corrected chi connectivity index (χ0v) is 13.9. The predicted molar refractivity (Wildman–Crippen MR) is 87.9 cm³/mol. The molecular formula is C18H21F2NO3. The minimum absolute atomic E-state index is 0.0435. The Morgan fingerprint density at radius 1 is 1.00 bits per heavy atom. The molecule has 0 spiro atoms. The van der Waals surface area contributed by atoms with Crippen LogP contribution in [0.1, 0.15) is 24.1 Å². The van der Waals surface area contributed by atoms with Gasteiger partial charge in [-0.25, -0.2) is 0 Å². The normalized spacial score (nSPS) is 12.1. The van der Waals surface area contributed by atoms with E-state index in [1.807, 2.05) is 31.2 Å². The maximum absolute atomic E-state index is 12.3. The summed E-state index contributed by atoms with van der Waals surface area (Å²) >= 11 is 0. The van der Waals surface area contributed by atoms with Crippen LogP contribution in [0.15, 0.2) is 42.5 Å². The lowest BCUT2D eigenvalue weighted by Crippen LogP contribution is -2.18. The van der Waals surface area contributed by atoms with Gasteiger partial charge in [0, 0.05) is 24.2 Å². The lowest BCUT2D eigenvalue weighted by molar-refractivity contribution is -0.0499. The fourth-order valence-electron chi connectivity index (χ4n) is 2.34. The Kier molecular flexibility index (Phi) is 6.37. The standard InChI is InChI=1S/C18H21F2NO3/c1-12(13-5-4-6-16(9-13)24-18(19)20)21-11-14-7-8-15(22-2)10-17(14)23-3/h4-10,12,18,21H,11H2,1-3H3. The maximum Gasteiger partial charge on any atom is 0.387 e. The second-order valence-corrected chi connectivity index (χ2v) is 5.23. The molecule has 1 N–H and O–H groups in total. The van der Waals surface area contributed by atoms with Gasteiger partial charge in [0.1, 0.15) is 17.2 Å². The second kappa shape index (κ2) is 8.49. The van der Waals surface area contributed by atoms with E-state index in [-0.39, 0.29) is 11.8 Å². The molecule has 2 aromatic rings. The molecule has 1 unspecified atom stereocenters. The minimum atomic E-state index is -2.83. The highest BCUT2D eigenvalue weighted by Crippen LogP contribution is 2.26. The number of rotatable bonds is 8. The molecule has 6 heteroatoms. The molecule has 0 radical (unpaired) electrons. The van der Waals surface area contributed by atoms with E-state index >= 15 is 0 Å². The summed E-state index contributed by atoms with van der Waals surface area (Å²) in [6, 6.07) is 12.2. The van der Waals surface area contributed by atoms with Gasteiger partial charge in [0.05, 0.1) is 14.2 Å². The van der Waals surface area contributed by atoms with E-state index in [0.717, 1.165) is 22.6 Å². The van der Waals surface area contributed by atoms with Crippen molar-refractivity contribution in [2.75, 3.05) is 14.2 Å². The van der Waals surface area contributed by atoms with Crippen molar-refractivity contribution in [3.8, 4) is 17.2 Å². The predicted octanol–water partition coefficient (Wildman–Crippen LogP) is 4.16. The maximum atomic E-state index is 12.3. The van der Waals surface area contributed by atoms with Crippen LogP contribution in [0.2, 0.25) is 0 Å². The molecule has 0 saturated carbocycles. The Labute approximate surface area is 140 Å². The SMILES string of the molecule is COc1ccc(CNC(C)c2cccc(OC(F)F)c2)c(OC)c1. The van der Waals surface area contributed by atoms with Crippen molar-refractivity contribution in [3.05, 3.63) is 53.6 Å². The van der Waals surface area contributed by atoms with Gasteiger partial charge in [-0.05, 0) is 30.7 Å². The van der Waals surface area contributed by atoms with Gasteiger partial charge in [0.2, 0.25) is 0 Å². The highest BCUT2D eigenvalue weighted by atomic mass is 19.3. The van der Waals surface area contributed by atoms with E-state index in [4.69, 9.17) is 9.47 Å². The lowest BCUT2D eigenvalue weighted by atomic mass is 10.1. The zero-order chi connectivity index (χ0) is 17.5. The highest BCUT2D eigenvalue weighted by molar-refractivity contribution is 5.40. The largest absolute Gasteiger partial charge is 0.497 e. The van der Waals surface area contributed by atoms with Crippen molar-refractivity contribution in [2.45, 2.75) is 26.1 Å². The van der Waals surface area contributed by atoms with Crippen LogP contribution in [-0.2, 0) is 6.54 Å². The summed E-state index contributed by atoms with van der Waals surface area (Å²) < 4.78 is 39.6. The topological polar surface area (TPSA) is 39.7 Å². The number of alkyl halides is 2. The van der Waals surface area contributed by atoms with Crippen molar-refractivity contribution in [2.24, 2.45) is 0 Å². The number of nitrogens with one attached hydrogen (secondary N) is 1. The summed E-state index contributed by atoms with van der Waals surface area (Å²) in [5.74, 6) is 1.60. The summed E-state index contributed by atoms with van der Waals surface area (Å²) in [6.45, 7) is -0.307. The van der Waals surface area contributed by atoms with E-state index in [1.54, 1.807) is 26.4 Å². The summed E-state index contributed by atoms with van der Waals surface area (Å²) in [5.41, 5.74) is 1.84. The summed E-state index contributed by atoms with van der Waals surface area (Å²) in [6.07, 6.45) is 0. The van der Waals surface area contributed by atoms with E-state index in [9.17, 15) is 8.78 Å². The highest BCUT2D eigenvalue weighted by Gasteiger charge is 2.11. The lowest BCUT2D eigenvalue weighted by Gasteiger charge is -2.17. The van der Waals surface area contributed by atoms with Gasteiger partial charge in [0.15, 0.2) is 0 Å². The van der Waals surface area contributed by atoms with Crippen molar-refractivity contribution < 1.29 is 23.0 Å². The first-order valence-corrected chi connectivity index (χ1v) is 7.52. The Bertz CT molecular complexity index is 664. The fourth-order valence-corrected chi connectivity index (χ4v) is 2.34. The van der Waals surface area contributed by atoms with E-state index in [2.05, 4.69) is 10.1 Å².